The van der Waals surface area contributed by atoms with Gasteiger partial charge in [-0.3, -0.25) is 4.99 Å². The highest BCUT2D eigenvalue weighted by Crippen LogP contribution is 2.07. The van der Waals surface area contributed by atoms with Crippen LogP contribution in [-0.4, -0.2) is 18.9 Å². The molecular weight excluding hydrogens is 304 g/mol. The molecule has 3 heteroatoms. The Morgan fingerprint density at radius 3 is 2.48 bits per heavy atom. The van der Waals surface area contributed by atoms with Crippen LogP contribution in [0.15, 0.2) is 59.6 Å². The fraction of sp³-hybridized carbons (Fsp3) is 0.250. The summed E-state index contributed by atoms with van der Waals surface area (Å²) in [4.78, 5) is 4.42. The molecular formula is C20H21ClN2. The number of nitrogens with zero attached hydrogens (tertiary/aromatic N) is 1. The van der Waals surface area contributed by atoms with Crippen molar-refractivity contribution in [1.29, 1.82) is 0 Å². The number of aliphatic imine (C=N–C) groups is 1. The van der Waals surface area contributed by atoms with Gasteiger partial charge < -0.3 is 5.32 Å². The summed E-state index contributed by atoms with van der Waals surface area (Å²) in [6, 6.07) is 18.9. The van der Waals surface area contributed by atoms with Gasteiger partial charge in [0.05, 0.1) is 6.54 Å². The predicted molar refractivity (Wildman–Crippen MR) is 99.4 cm³/mol. The zero-order chi connectivity index (χ0) is 15.0. The topological polar surface area (TPSA) is 24.4 Å². The largest absolute Gasteiger partial charge is 0.368 e. The molecule has 0 bridgehead atoms. The van der Waals surface area contributed by atoms with E-state index >= 15 is 0 Å². The van der Waals surface area contributed by atoms with Crippen LogP contribution in [0.5, 0.6) is 0 Å². The van der Waals surface area contributed by atoms with Crippen molar-refractivity contribution in [3.05, 3.63) is 71.3 Å². The van der Waals surface area contributed by atoms with Crippen LogP contribution in [0.1, 0.15) is 29.5 Å². The first-order valence-corrected chi connectivity index (χ1v) is 7.83. The van der Waals surface area contributed by atoms with Crippen LogP contribution >= 0.6 is 12.4 Å². The van der Waals surface area contributed by atoms with E-state index in [-0.39, 0.29) is 12.4 Å². The Hall–Kier alpha value is -2.24. The Bertz CT molecular complexity index is 694. The van der Waals surface area contributed by atoms with Crippen molar-refractivity contribution in [2.24, 2.45) is 4.99 Å². The fourth-order valence-corrected chi connectivity index (χ4v) is 2.49. The molecule has 2 nitrogen and oxygen atoms in total. The molecule has 23 heavy (non-hydrogen) atoms. The lowest BCUT2D eigenvalue weighted by Crippen LogP contribution is -2.19. The number of benzene rings is 2. The monoisotopic (exact) mass is 324 g/mol. The first kappa shape index (κ1) is 17.1. The van der Waals surface area contributed by atoms with E-state index in [1.54, 1.807) is 0 Å². The summed E-state index contributed by atoms with van der Waals surface area (Å²) in [6.07, 6.45) is 3.14. The lowest BCUT2D eigenvalue weighted by molar-refractivity contribution is 0.858. The molecule has 1 heterocycles. The molecule has 0 amide bonds. The number of rotatable bonds is 4. The molecule has 2 aromatic rings. The summed E-state index contributed by atoms with van der Waals surface area (Å²) in [5.41, 5.74) is 3.60. The van der Waals surface area contributed by atoms with Gasteiger partial charge in [0, 0.05) is 24.1 Å². The number of hydrogen-bond acceptors (Lipinski definition) is 2. The second-order valence-corrected chi connectivity index (χ2v) is 5.38. The lowest BCUT2D eigenvalue weighted by atomic mass is 10.1. The van der Waals surface area contributed by atoms with E-state index in [0.717, 1.165) is 49.3 Å². The van der Waals surface area contributed by atoms with Crippen LogP contribution in [0.4, 0.5) is 0 Å². The molecule has 0 aliphatic carbocycles. The van der Waals surface area contributed by atoms with Crippen molar-refractivity contribution in [3.63, 3.8) is 0 Å². The molecule has 0 atom stereocenters. The van der Waals surface area contributed by atoms with Gasteiger partial charge in [0.1, 0.15) is 5.84 Å². The summed E-state index contributed by atoms with van der Waals surface area (Å²) in [7, 11) is 0. The van der Waals surface area contributed by atoms with Crippen LogP contribution in [0.3, 0.4) is 0 Å². The summed E-state index contributed by atoms with van der Waals surface area (Å²) >= 11 is 0. The number of aryl methyl sites for hydroxylation is 1. The van der Waals surface area contributed by atoms with Crippen molar-refractivity contribution >= 4 is 18.2 Å². The highest BCUT2D eigenvalue weighted by molar-refractivity contribution is 5.99. The maximum Gasteiger partial charge on any atom is 0.128 e. The SMILES string of the molecule is C(#Cc1ccc(C2=NCCN2)cc1)CCCc1ccccc1.Cl. The lowest BCUT2D eigenvalue weighted by Gasteiger charge is -2.01. The highest BCUT2D eigenvalue weighted by Gasteiger charge is 2.06. The molecule has 0 saturated carbocycles. The van der Waals surface area contributed by atoms with Crippen LogP contribution in [0.2, 0.25) is 0 Å². The van der Waals surface area contributed by atoms with Gasteiger partial charge in [-0.15, -0.1) is 12.4 Å². The Kier molecular flexibility index (Phi) is 6.72. The van der Waals surface area contributed by atoms with E-state index in [0.29, 0.717) is 0 Å². The van der Waals surface area contributed by atoms with E-state index in [4.69, 9.17) is 0 Å². The maximum atomic E-state index is 4.42. The number of hydrogen-bond donors (Lipinski definition) is 1. The Labute approximate surface area is 144 Å². The molecule has 1 N–H and O–H groups in total. The third kappa shape index (κ3) is 5.16. The molecule has 2 aromatic carbocycles. The van der Waals surface area contributed by atoms with E-state index in [9.17, 15) is 0 Å². The summed E-state index contributed by atoms with van der Waals surface area (Å²) < 4.78 is 0. The molecule has 0 radical (unpaired) electrons. The molecule has 0 aromatic heterocycles. The van der Waals surface area contributed by atoms with Gasteiger partial charge in [-0.2, -0.15) is 0 Å². The predicted octanol–water partition coefficient (Wildman–Crippen LogP) is 3.83. The summed E-state index contributed by atoms with van der Waals surface area (Å²) in [5.74, 6) is 7.51. The van der Waals surface area contributed by atoms with Gasteiger partial charge in [-0.1, -0.05) is 54.3 Å². The van der Waals surface area contributed by atoms with E-state index in [2.05, 4.69) is 76.7 Å². The van der Waals surface area contributed by atoms with Crippen molar-refractivity contribution in [2.45, 2.75) is 19.3 Å². The number of nitrogens with one attached hydrogen (secondary N) is 1. The van der Waals surface area contributed by atoms with Crippen molar-refractivity contribution < 1.29 is 0 Å². The molecule has 0 saturated heterocycles. The fourth-order valence-electron chi connectivity index (χ4n) is 2.49. The smallest absolute Gasteiger partial charge is 0.128 e. The summed E-state index contributed by atoms with van der Waals surface area (Å²) in [5, 5.41) is 3.28. The molecule has 1 aliphatic heterocycles. The third-order valence-electron chi connectivity index (χ3n) is 3.68. The molecule has 0 spiro atoms. The van der Waals surface area contributed by atoms with Crippen LogP contribution in [0.25, 0.3) is 0 Å². The first-order chi connectivity index (χ1) is 10.9. The van der Waals surface area contributed by atoms with Gasteiger partial charge in [-0.25, -0.2) is 0 Å². The maximum absolute atomic E-state index is 4.42. The van der Waals surface area contributed by atoms with Gasteiger partial charge in [-0.05, 0) is 30.5 Å². The zero-order valence-corrected chi connectivity index (χ0v) is 13.9. The number of halogens is 1. The average Bonchev–Trinajstić information content (AvgIpc) is 3.11. The second-order valence-electron chi connectivity index (χ2n) is 5.38. The minimum absolute atomic E-state index is 0. The molecule has 1 aliphatic rings. The van der Waals surface area contributed by atoms with Gasteiger partial charge >= 0.3 is 0 Å². The second kappa shape index (κ2) is 9.02. The average molecular weight is 325 g/mol. The molecule has 0 unspecified atom stereocenters. The van der Waals surface area contributed by atoms with Crippen molar-refractivity contribution in [3.8, 4) is 11.8 Å². The third-order valence-corrected chi connectivity index (χ3v) is 3.68. The Morgan fingerprint density at radius 2 is 1.78 bits per heavy atom. The van der Waals surface area contributed by atoms with Crippen LogP contribution < -0.4 is 5.32 Å². The minimum Gasteiger partial charge on any atom is -0.368 e. The standard InChI is InChI=1S/C20H20N2.ClH/c1-3-7-17(8-4-1)9-5-2-6-10-18-11-13-19(14-12-18)20-21-15-16-22-20;/h1,3-4,7-8,11-14H,2,5,9,15-16H2,(H,21,22);1H. The number of amidine groups is 1. The van der Waals surface area contributed by atoms with Gasteiger partial charge in [0.25, 0.3) is 0 Å². The normalized spacial score (nSPS) is 12.4. The number of unbranched alkanes of at least 4 members (excludes halogenated alkanes) is 1. The van der Waals surface area contributed by atoms with Gasteiger partial charge in [0.15, 0.2) is 0 Å². The first-order valence-electron chi connectivity index (χ1n) is 7.83. The van der Waals surface area contributed by atoms with Crippen molar-refractivity contribution in [2.75, 3.05) is 13.1 Å². The van der Waals surface area contributed by atoms with Crippen molar-refractivity contribution in [1.82, 2.24) is 5.32 Å². The van der Waals surface area contributed by atoms with Crippen LogP contribution in [0, 0.1) is 11.8 Å². The van der Waals surface area contributed by atoms with Crippen LogP contribution in [-0.2, 0) is 6.42 Å². The van der Waals surface area contributed by atoms with E-state index in [1.807, 2.05) is 0 Å². The minimum atomic E-state index is 0. The Morgan fingerprint density at radius 1 is 1.00 bits per heavy atom. The van der Waals surface area contributed by atoms with E-state index < -0.39 is 0 Å². The van der Waals surface area contributed by atoms with E-state index in [1.165, 1.54) is 5.56 Å². The quantitative estimate of drug-likeness (QED) is 0.671. The molecule has 118 valence electrons. The van der Waals surface area contributed by atoms with Gasteiger partial charge in [0.2, 0.25) is 0 Å². The zero-order valence-electron chi connectivity index (χ0n) is 13.1. The Balaban J connectivity index is 0.00000192. The molecule has 3 rings (SSSR count). The summed E-state index contributed by atoms with van der Waals surface area (Å²) in [6.45, 7) is 1.82. The molecule has 0 fully saturated rings. The highest BCUT2D eigenvalue weighted by atomic mass is 35.5.